The second kappa shape index (κ2) is 5.45. The van der Waals surface area contributed by atoms with Gasteiger partial charge in [0.2, 0.25) is 15.9 Å². The van der Waals surface area contributed by atoms with Crippen molar-refractivity contribution in [1.82, 2.24) is 14.5 Å². The van der Waals surface area contributed by atoms with E-state index >= 15 is 0 Å². The number of carboxylic acids is 1. The van der Waals surface area contributed by atoms with Crippen LogP contribution in [0, 0.1) is 12.8 Å². The summed E-state index contributed by atoms with van der Waals surface area (Å²) in [7, 11) is -3.97. The van der Waals surface area contributed by atoms with Crippen molar-refractivity contribution in [3.8, 4) is 0 Å². The van der Waals surface area contributed by atoms with Crippen molar-refractivity contribution >= 4 is 21.9 Å². The van der Waals surface area contributed by atoms with Crippen LogP contribution in [0.2, 0.25) is 0 Å². The van der Waals surface area contributed by atoms with Crippen molar-refractivity contribution in [2.45, 2.75) is 24.7 Å². The van der Waals surface area contributed by atoms with E-state index in [1.165, 1.54) is 6.92 Å². The van der Waals surface area contributed by atoms with Crippen LogP contribution in [0.3, 0.4) is 0 Å². The molecule has 1 saturated heterocycles. The predicted molar refractivity (Wildman–Crippen MR) is 71.0 cm³/mol. The Morgan fingerprint density at radius 3 is 2.43 bits per heavy atom. The molecule has 0 aromatic carbocycles. The highest BCUT2D eigenvalue weighted by atomic mass is 32.2. The molecule has 0 saturated carbocycles. The predicted octanol–water partition coefficient (Wildman–Crippen LogP) is -0.698. The van der Waals surface area contributed by atoms with E-state index in [4.69, 9.17) is 10.8 Å². The van der Waals surface area contributed by atoms with Gasteiger partial charge in [0.05, 0.1) is 5.69 Å². The molecule has 116 valence electrons. The summed E-state index contributed by atoms with van der Waals surface area (Å²) < 4.78 is 26.3. The molecule has 10 heteroatoms. The average molecular weight is 316 g/mol. The molecule has 0 radical (unpaired) electrons. The fourth-order valence-electron chi connectivity index (χ4n) is 2.39. The number of aromatic nitrogens is 2. The van der Waals surface area contributed by atoms with Crippen molar-refractivity contribution in [3.63, 3.8) is 0 Å². The highest BCUT2D eigenvalue weighted by molar-refractivity contribution is 7.89. The summed E-state index contributed by atoms with van der Waals surface area (Å²) in [6, 6.07) is 0. The molecule has 0 unspecified atom stereocenters. The normalized spacial score (nSPS) is 17.8. The first-order valence-electron chi connectivity index (χ1n) is 6.33. The van der Waals surface area contributed by atoms with Crippen LogP contribution in [0.15, 0.2) is 4.90 Å². The van der Waals surface area contributed by atoms with Gasteiger partial charge < -0.3 is 10.8 Å². The summed E-state index contributed by atoms with van der Waals surface area (Å²) in [5.74, 6) is -2.21. The molecular formula is C11H16N4O5S. The van der Waals surface area contributed by atoms with Gasteiger partial charge in [0, 0.05) is 19.0 Å². The molecule has 1 aromatic heterocycles. The lowest BCUT2D eigenvalue weighted by molar-refractivity contribution is -0.122. The van der Waals surface area contributed by atoms with Crippen LogP contribution in [-0.2, 0) is 14.8 Å². The third-order valence-corrected chi connectivity index (χ3v) is 5.61. The van der Waals surface area contributed by atoms with E-state index in [2.05, 4.69) is 10.2 Å². The van der Waals surface area contributed by atoms with E-state index in [0.29, 0.717) is 12.8 Å². The molecule has 0 bridgehead atoms. The van der Waals surface area contributed by atoms with Gasteiger partial charge in [0.15, 0.2) is 5.69 Å². The van der Waals surface area contributed by atoms with E-state index in [0.717, 1.165) is 4.31 Å². The van der Waals surface area contributed by atoms with Crippen molar-refractivity contribution < 1.29 is 23.1 Å². The van der Waals surface area contributed by atoms with Crippen LogP contribution < -0.4 is 5.73 Å². The van der Waals surface area contributed by atoms with Crippen molar-refractivity contribution in [1.29, 1.82) is 0 Å². The number of primary amides is 1. The summed E-state index contributed by atoms with van der Waals surface area (Å²) in [6.45, 7) is 1.70. The maximum Gasteiger partial charge on any atom is 0.357 e. The van der Waals surface area contributed by atoms with Crippen LogP contribution in [-0.4, -0.2) is 53.0 Å². The van der Waals surface area contributed by atoms with Crippen LogP contribution in [0.5, 0.6) is 0 Å². The number of H-pyrrole nitrogens is 1. The summed E-state index contributed by atoms with van der Waals surface area (Å²) >= 11 is 0. The van der Waals surface area contributed by atoms with Gasteiger partial charge in [-0.15, -0.1) is 0 Å². The number of sulfonamides is 1. The summed E-state index contributed by atoms with van der Waals surface area (Å²) in [4.78, 5) is 21.9. The molecule has 4 N–H and O–H groups in total. The molecule has 1 aromatic rings. The van der Waals surface area contributed by atoms with Gasteiger partial charge in [0.1, 0.15) is 4.90 Å². The first kappa shape index (κ1) is 15.4. The number of nitrogens with zero attached hydrogens (tertiary/aromatic N) is 2. The minimum absolute atomic E-state index is 0.125. The highest BCUT2D eigenvalue weighted by Gasteiger charge is 2.36. The number of carboxylic acid groups (broad SMARTS) is 1. The molecular weight excluding hydrogens is 300 g/mol. The van der Waals surface area contributed by atoms with Gasteiger partial charge >= 0.3 is 5.97 Å². The van der Waals surface area contributed by atoms with E-state index in [-0.39, 0.29) is 29.6 Å². The number of rotatable bonds is 4. The Labute approximate surface area is 121 Å². The summed E-state index contributed by atoms with van der Waals surface area (Å²) in [5, 5.41) is 14.9. The Bertz CT molecular complexity index is 673. The lowest BCUT2D eigenvalue weighted by Crippen LogP contribution is -2.42. The van der Waals surface area contributed by atoms with E-state index in [1.54, 1.807) is 0 Å². The number of hydrogen-bond acceptors (Lipinski definition) is 5. The Morgan fingerprint density at radius 1 is 1.38 bits per heavy atom. The Balaban J connectivity index is 2.30. The largest absolute Gasteiger partial charge is 0.476 e. The fourth-order valence-corrected chi connectivity index (χ4v) is 4.15. The zero-order valence-electron chi connectivity index (χ0n) is 11.4. The Morgan fingerprint density at radius 2 is 1.95 bits per heavy atom. The van der Waals surface area contributed by atoms with Gasteiger partial charge in [-0.2, -0.15) is 9.40 Å². The minimum Gasteiger partial charge on any atom is -0.476 e. The number of piperidine rings is 1. The topological polar surface area (TPSA) is 146 Å². The molecule has 1 fully saturated rings. The van der Waals surface area contributed by atoms with Gasteiger partial charge in [-0.05, 0) is 19.8 Å². The van der Waals surface area contributed by atoms with Crippen molar-refractivity contribution in [2.24, 2.45) is 11.7 Å². The number of aromatic carboxylic acids is 1. The number of amides is 1. The molecule has 0 spiro atoms. The Kier molecular flexibility index (Phi) is 4.01. The molecule has 9 nitrogen and oxygen atoms in total. The van der Waals surface area contributed by atoms with Crippen LogP contribution in [0.4, 0.5) is 0 Å². The number of aryl methyl sites for hydroxylation is 1. The van der Waals surface area contributed by atoms with Crippen LogP contribution >= 0.6 is 0 Å². The molecule has 21 heavy (non-hydrogen) atoms. The minimum atomic E-state index is -3.97. The third-order valence-electron chi connectivity index (χ3n) is 3.55. The first-order chi connectivity index (χ1) is 9.75. The number of nitrogens with two attached hydrogens (primary N) is 1. The average Bonchev–Trinajstić information content (AvgIpc) is 2.81. The van der Waals surface area contributed by atoms with E-state index < -0.39 is 27.6 Å². The maximum absolute atomic E-state index is 12.6. The van der Waals surface area contributed by atoms with E-state index in [9.17, 15) is 18.0 Å². The highest BCUT2D eigenvalue weighted by Crippen LogP contribution is 2.26. The van der Waals surface area contributed by atoms with Crippen LogP contribution in [0.1, 0.15) is 29.0 Å². The second-order valence-corrected chi connectivity index (χ2v) is 6.79. The lowest BCUT2D eigenvalue weighted by atomic mass is 9.98. The summed E-state index contributed by atoms with van der Waals surface area (Å²) in [6.07, 6.45) is 0.654. The third kappa shape index (κ3) is 2.76. The number of carbonyl (C=O) groups is 2. The second-order valence-electron chi connectivity index (χ2n) is 4.91. The molecule has 0 atom stereocenters. The zero-order valence-corrected chi connectivity index (χ0v) is 12.2. The van der Waals surface area contributed by atoms with Crippen LogP contribution in [0.25, 0.3) is 0 Å². The van der Waals surface area contributed by atoms with Crippen molar-refractivity contribution in [3.05, 3.63) is 11.4 Å². The molecule has 2 heterocycles. The number of aromatic amines is 1. The smallest absolute Gasteiger partial charge is 0.357 e. The van der Waals surface area contributed by atoms with Gasteiger partial charge in [-0.1, -0.05) is 0 Å². The Hall–Kier alpha value is -1.94. The summed E-state index contributed by atoms with van der Waals surface area (Å²) in [5.41, 5.74) is 4.85. The van der Waals surface area contributed by atoms with Gasteiger partial charge in [-0.3, -0.25) is 9.89 Å². The maximum atomic E-state index is 12.6. The first-order valence-corrected chi connectivity index (χ1v) is 7.77. The fraction of sp³-hybridized carbons (Fsp3) is 0.545. The van der Waals surface area contributed by atoms with E-state index in [1.807, 2.05) is 0 Å². The molecule has 2 rings (SSSR count). The van der Waals surface area contributed by atoms with Gasteiger partial charge in [-0.25, -0.2) is 13.2 Å². The number of carbonyl (C=O) groups excluding carboxylic acids is 1. The monoisotopic (exact) mass is 316 g/mol. The SMILES string of the molecule is Cc1[nH]nc(C(=O)O)c1S(=O)(=O)N1CCC(C(N)=O)CC1. The molecule has 1 aliphatic rings. The quantitative estimate of drug-likeness (QED) is 0.669. The zero-order chi connectivity index (χ0) is 15.8. The number of hydrogen-bond donors (Lipinski definition) is 3. The molecule has 1 amide bonds. The molecule has 0 aliphatic carbocycles. The standard InChI is InChI=1S/C11H16N4O5S/c1-6-9(8(11(17)18)14-13-6)21(19,20)15-4-2-7(3-5-15)10(12)16/h7H,2-5H2,1H3,(H2,12,16)(H,13,14)(H,17,18). The van der Waals surface area contributed by atoms with Crippen molar-refractivity contribution in [2.75, 3.05) is 13.1 Å². The lowest BCUT2D eigenvalue weighted by Gasteiger charge is -2.29. The van der Waals surface area contributed by atoms with Gasteiger partial charge in [0.25, 0.3) is 0 Å². The molecule has 1 aliphatic heterocycles. The number of nitrogens with one attached hydrogen (secondary N) is 1.